The van der Waals surface area contributed by atoms with E-state index in [-0.39, 0.29) is 13.0 Å². The van der Waals surface area contributed by atoms with E-state index in [2.05, 4.69) is 0 Å². The van der Waals surface area contributed by atoms with Gasteiger partial charge in [-0.2, -0.15) is 13.2 Å². The maximum atomic E-state index is 10.6. The molecular weight excluding hydrogens is 122 g/mol. The van der Waals surface area contributed by atoms with E-state index in [0.717, 1.165) is 0 Å². The Balaban J connectivity index is -0.0000000600. The van der Waals surface area contributed by atoms with Gasteiger partial charge >= 0.3 is 22.3 Å². The topological polar surface area (TPSA) is 37.3 Å². The molecular formula is C2H3BeF3O2. The average Bonchev–Trinajstić information content (AvgIpc) is 1.31. The average molecular weight is 125 g/mol. The molecule has 0 aromatic rings. The number of carboxylic acid groups (broad SMARTS) is 1. The van der Waals surface area contributed by atoms with E-state index >= 15 is 0 Å². The van der Waals surface area contributed by atoms with E-state index < -0.39 is 12.1 Å². The third kappa shape index (κ3) is 3.61. The van der Waals surface area contributed by atoms with Crippen LogP contribution in [0, 0.1) is 0 Å². The second kappa shape index (κ2) is 2.67. The molecule has 0 saturated carbocycles. The third-order valence-electron chi connectivity index (χ3n) is 0.243. The number of hydrogen-bond donors (Lipinski definition) is 1. The van der Waals surface area contributed by atoms with Crippen LogP contribution in [0.3, 0.4) is 0 Å². The molecule has 0 saturated heterocycles. The molecule has 46 valence electrons. The van der Waals surface area contributed by atoms with Gasteiger partial charge in [0.25, 0.3) is 0 Å². The molecule has 0 spiro atoms. The molecule has 0 aliphatic carbocycles. The summed E-state index contributed by atoms with van der Waals surface area (Å²) in [4.78, 5) is 8.90. The molecule has 0 aromatic carbocycles. The molecule has 0 amide bonds. The van der Waals surface area contributed by atoms with Gasteiger partial charge in [-0.1, -0.05) is 0 Å². The minimum atomic E-state index is -5.08. The van der Waals surface area contributed by atoms with Crippen LogP contribution in [0.15, 0.2) is 0 Å². The number of hydrogen-bond acceptors (Lipinski definition) is 1. The Hall–Kier alpha value is -0.571. The summed E-state index contributed by atoms with van der Waals surface area (Å²) in [5.74, 6) is -2.76. The van der Waals surface area contributed by atoms with Crippen molar-refractivity contribution in [3.63, 3.8) is 0 Å². The van der Waals surface area contributed by atoms with E-state index in [0.29, 0.717) is 0 Å². The standard InChI is InChI=1S/C2HF3O2.Be.2H/c3-2(4,5)1(6)7;;;/h(H,6,7);;;/q;+2;2*-1. The molecule has 2 nitrogen and oxygen atoms in total. The Morgan fingerprint density at radius 2 is 1.62 bits per heavy atom. The van der Waals surface area contributed by atoms with Crippen molar-refractivity contribution >= 4 is 16.1 Å². The molecule has 0 fully saturated rings. The van der Waals surface area contributed by atoms with Crippen molar-refractivity contribution in [2.24, 2.45) is 0 Å². The predicted octanol–water partition coefficient (Wildman–Crippen LogP) is 0.478. The fourth-order valence-corrected chi connectivity index (χ4v) is 0. The number of carboxylic acids is 1. The molecule has 0 radical (unpaired) electrons. The summed E-state index contributed by atoms with van der Waals surface area (Å²) in [6, 6.07) is 0. The Morgan fingerprint density at radius 1 is 1.50 bits per heavy atom. The summed E-state index contributed by atoms with van der Waals surface area (Å²) in [6.45, 7) is 0. The van der Waals surface area contributed by atoms with Gasteiger partial charge in [0.1, 0.15) is 0 Å². The Bertz CT molecular complexity index is 95.0. The van der Waals surface area contributed by atoms with E-state index in [9.17, 15) is 13.2 Å². The number of aliphatic carboxylic acids is 1. The molecule has 1 N–H and O–H groups in total. The summed E-state index contributed by atoms with van der Waals surface area (Å²) >= 11 is 0. The number of alkyl halides is 3. The van der Waals surface area contributed by atoms with Crippen molar-refractivity contribution in [1.29, 1.82) is 0 Å². The predicted molar refractivity (Wildman–Crippen MR) is 21.7 cm³/mol. The molecule has 0 rings (SSSR count). The summed E-state index contributed by atoms with van der Waals surface area (Å²) in [7, 11) is 0. The number of halogens is 3. The van der Waals surface area contributed by atoms with Crippen LogP contribution in [0.1, 0.15) is 2.85 Å². The molecule has 8 heavy (non-hydrogen) atoms. The van der Waals surface area contributed by atoms with Crippen molar-refractivity contribution in [2.45, 2.75) is 6.18 Å². The van der Waals surface area contributed by atoms with Gasteiger partial charge in [-0.15, -0.1) is 0 Å². The van der Waals surface area contributed by atoms with Crippen LogP contribution in [0.4, 0.5) is 13.2 Å². The first-order chi connectivity index (χ1) is 2.94. The Kier molecular flexibility index (Phi) is 3.47. The largest absolute Gasteiger partial charge is 2.00 e. The van der Waals surface area contributed by atoms with Gasteiger partial charge in [-0.25, -0.2) is 4.79 Å². The van der Waals surface area contributed by atoms with Gasteiger partial charge in [0.05, 0.1) is 0 Å². The summed E-state index contributed by atoms with van der Waals surface area (Å²) in [6.07, 6.45) is -5.08. The van der Waals surface area contributed by atoms with Gasteiger partial charge in [-0.3, -0.25) is 0 Å². The summed E-state index contributed by atoms with van der Waals surface area (Å²) in [5.41, 5.74) is 0. The van der Waals surface area contributed by atoms with Crippen molar-refractivity contribution in [3.8, 4) is 0 Å². The van der Waals surface area contributed by atoms with Gasteiger partial charge in [-0.05, 0) is 0 Å². The molecule has 0 aliphatic heterocycles. The number of rotatable bonds is 0. The second-order valence-electron chi connectivity index (χ2n) is 0.803. The molecule has 0 atom stereocenters. The minimum Gasteiger partial charge on any atom is -1.00 e. The number of carbonyl (C=O) groups is 1. The van der Waals surface area contributed by atoms with Crippen molar-refractivity contribution in [1.82, 2.24) is 0 Å². The van der Waals surface area contributed by atoms with Crippen LogP contribution in [0.2, 0.25) is 0 Å². The van der Waals surface area contributed by atoms with Crippen LogP contribution in [-0.4, -0.2) is 27.4 Å². The molecule has 0 bridgehead atoms. The first kappa shape index (κ1) is 10.4. The fraction of sp³-hybridized carbons (Fsp3) is 0.500. The SMILES string of the molecule is O=C(O)C(F)(F)F.[Be+2].[H-].[H-]. The Morgan fingerprint density at radius 3 is 1.62 bits per heavy atom. The quantitative estimate of drug-likeness (QED) is 0.478. The Labute approximate surface area is 49.5 Å². The van der Waals surface area contributed by atoms with E-state index in [1.54, 1.807) is 0 Å². The van der Waals surface area contributed by atoms with Crippen molar-refractivity contribution < 1.29 is 25.9 Å². The maximum absolute atomic E-state index is 10.6. The normalized spacial score (nSPS) is 9.88. The van der Waals surface area contributed by atoms with Gasteiger partial charge in [0.15, 0.2) is 0 Å². The van der Waals surface area contributed by atoms with Crippen LogP contribution in [-0.2, 0) is 4.79 Å². The van der Waals surface area contributed by atoms with Crippen LogP contribution in [0.5, 0.6) is 0 Å². The molecule has 6 heteroatoms. The smallest absolute Gasteiger partial charge is 1.00 e. The molecule has 0 heterocycles. The first-order valence-electron chi connectivity index (χ1n) is 1.24. The fourth-order valence-electron chi connectivity index (χ4n) is 0. The zero-order valence-corrected chi connectivity index (χ0v) is 3.70. The van der Waals surface area contributed by atoms with Crippen LogP contribution >= 0.6 is 0 Å². The maximum Gasteiger partial charge on any atom is 2.00 e. The van der Waals surface area contributed by atoms with Crippen molar-refractivity contribution in [2.75, 3.05) is 0 Å². The van der Waals surface area contributed by atoms with Crippen LogP contribution < -0.4 is 0 Å². The molecule has 0 unspecified atom stereocenters. The minimum absolute atomic E-state index is 0. The zero-order chi connectivity index (χ0) is 6.08. The molecule has 0 aromatic heterocycles. The summed E-state index contributed by atoms with van der Waals surface area (Å²) < 4.78 is 31.7. The first-order valence-corrected chi connectivity index (χ1v) is 1.24. The van der Waals surface area contributed by atoms with E-state index in [1.165, 1.54) is 0 Å². The van der Waals surface area contributed by atoms with E-state index in [4.69, 9.17) is 9.90 Å². The van der Waals surface area contributed by atoms with Gasteiger partial charge in [0, 0.05) is 0 Å². The monoisotopic (exact) mass is 125 g/mol. The zero-order valence-electron chi connectivity index (χ0n) is 5.70. The summed E-state index contributed by atoms with van der Waals surface area (Å²) in [5, 5.41) is 7.12. The van der Waals surface area contributed by atoms with Crippen LogP contribution in [0.25, 0.3) is 0 Å². The van der Waals surface area contributed by atoms with E-state index in [1.807, 2.05) is 0 Å². The van der Waals surface area contributed by atoms with Crippen molar-refractivity contribution in [3.05, 3.63) is 0 Å². The van der Waals surface area contributed by atoms with Gasteiger partial charge in [0.2, 0.25) is 0 Å². The molecule has 0 aliphatic rings. The third-order valence-corrected chi connectivity index (χ3v) is 0.243. The second-order valence-corrected chi connectivity index (χ2v) is 0.803. The van der Waals surface area contributed by atoms with Gasteiger partial charge < -0.3 is 7.96 Å².